The zero-order valence-corrected chi connectivity index (χ0v) is 13.2. The molecule has 1 aromatic carbocycles. The Morgan fingerprint density at radius 2 is 2.00 bits per heavy atom. The number of benzene rings is 1. The van der Waals surface area contributed by atoms with Crippen molar-refractivity contribution in [2.75, 3.05) is 20.7 Å². The Balaban J connectivity index is 2.23. The number of methoxy groups -OCH3 is 1. The molecule has 1 heterocycles. The van der Waals surface area contributed by atoms with Crippen molar-refractivity contribution in [3.8, 4) is 0 Å². The Hall–Kier alpha value is -2.47. The topological polar surface area (TPSA) is 49.9 Å². The van der Waals surface area contributed by atoms with Crippen molar-refractivity contribution in [3.63, 3.8) is 0 Å². The van der Waals surface area contributed by atoms with Gasteiger partial charge in [0.25, 0.3) is 5.91 Å². The molecule has 1 amide bonds. The van der Waals surface area contributed by atoms with E-state index in [0.29, 0.717) is 5.70 Å². The minimum absolute atomic E-state index is 0.0869. The number of hydrogen-bond donors (Lipinski definition) is 0. The molecule has 2 rings (SSSR count). The molecule has 0 unspecified atom stereocenters. The molecule has 6 heteroatoms. The molecule has 22 heavy (non-hydrogen) atoms. The SMILES string of the molecule is COC(=O)CN1C(=S)N(C)C(=O)C1=CC=Cc1ccccc1. The number of carbonyl (C=O) groups is 2. The van der Waals surface area contributed by atoms with Gasteiger partial charge in [-0.1, -0.05) is 42.5 Å². The maximum absolute atomic E-state index is 12.2. The van der Waals surface area contributed by atoms with Gasteiger partial charge in [-0.3, -0.25) is 14.5 Å². The highest BCUT2D eigenvalue weighted by molar-refractivity contribution is 7.80. The number of carbonyl (C=O) groups excluding carboxylic acids is 2. The van der Waals surface area contributed by atoms with Gasteiger partial charge in [0, 0.05) is 7.05 Å². The summed E-state index contributed by atoms with van der Waals surface area (Å²) in [6.07, 6.45) is 5.28. The molecule has 0 bridgehead atoms. The highest BCUT2D eigenvalue weighted by Gasteiger charge is 2.36. The molecule has 114 valence electrons. The summed E-state index contributed by atoms with van der Waals surface area (Å²) in [7, 11) is 2.88. The molecule has 5 nitrogen and oxygen atoms in total. The maximum atomic E-state index is 12.2. The summed E-state index contributed by atoms with van der Waals surface area (Å²) in [6, 6.07) is 9.70. The zero-order valence-electron chi connectivity index (χ0n) is 12.4. The minimum atomic E-state index is -0.455. The molecule has 0 atom stereocenters. The quantitative estimate of drug-likeness (QED) is 0.482. The third-order valence-electron chi connectivity index (χ3n) is 3.19. The summed E-state index contributed by atoms with van der Waals surface area (Å²) in [5.74, 6) is -0.699. The van der Waals surface area contributed by atoms with Crippen LogP contribution in [0.15, 0.2) is 48.2 Å². The van der Waals surface area contributed by atoms with E-state index in [1.54, 1.807) is 19.2 Å². The molecule has 0 aromatic heterocycles. The third kappa shape index (κ3) is 3.40. The second kappa shape index (κ2) is 7.00. The van der Waals surface area contributed by atoms with E-state index in [-0.39, 0.29) is 17.6 Å². The van der Waals surface area contributed by atoms with E-state index < -0.39 is 5.97 Å². The molecule has 0 radical (unpaired) electrons. The summed E-state index contributed by atoms with van der Waals surface area (Å²) >= 11 is 5.19. The lowest BCUT2D eigenvalue weighted by Gasteiger charge is -2.16. The van der Waals surface area contributed by atoms with Crippen LogP contribution in [0.3, 0.4) is 0 Å². The lowest BCUT2D eigenvalue weighted by Crippen LogP contribution is -2.33. The van der Waals surface area contributed by atoms with Crippen LogP contribution >= 0.6 is 12.2 Å². The smallest absolute Gasteiger partial charge is 0.325 e. The van der Waals surface area contributed by atoms with Gasteiger partial charge in [0.05, 0.1) is 7.11 Å². The standard InChI is InChI=1S/C16H16N2O3S/c1-17-15(20)13(18(16(17)22)11-14(19)21-2)10-6-9-12-7-4-3-5-8-12/h3-10H,11H2,1-2H3. The number of hydrogen-bond acceptors (Lipinski definition) is 4. The summed E-state index contributed by atoms with van der Waals surface area (Å²) < 4.78 is 4.64. The Labute approximate surface area is 134 Å². The Bertz CT molecular complexity index is 653. The van der Waals surface area contributed by atoms with Crippen LogP contribution in [0.1, 0.15) is 5.56 Å². The van der Waals surface area contributed by atoms with E-state index >= 15 is 0 Å². The Kier molecular flexibility index (Phi) is 5.06. The van der Waals surface area contributed by atoms with Gasteiger partial charge in [0.1, 0.15) is 12.2 Å². The molecule has 1 saturated heterocycles. The van der Waals surface area contributed by atoms with Crippen LogP contribution in [-0.2, 0) is 14.3 Å². The summed E-state index contributed by atoms with van der Waals surface area (Å²) in [5, 5.41) is 0.287. The Morgan fingerprint density at radius 1 is 1.32 bits per heavy atom. The van der Waals surface area contributed by atoms with Crippen LogP contribution in [0.5, 0.6) is 0 Å². The molecule has 1 aliphatic heterocycles. The van der Waals surface area contributed by atoms with Gasteiger partial charge in [-0.25, -0.2) is 0 Å². The van der Waals surface area contributed by atoms with Gasteiger partial charge in [-0.15, -0.1) is 0 Å². The molecule has 1 aliphatic rings. The Morgan fingerprint density at radius 3 is 2.64 bits per heavy atom. The third-order valence-corrected chi connectivity index (χ3v) is 3.68. The van der Waals surface area contributed by atoms with Crippen molar-refractivity contribution in [1.29, 1.82) is 0 Å². The fourth-order valence-corrected chi connectivity index (χ4v) is 2.23. The average Bonchev–Trinajstić information content (AvgIpc) is 2.73. The van der Waals surface area contributed by atoms with Gasteiger partial charge in [-0.2, -0.15) is 0 Å². The van der Waals surface area contributed by atoms with E-state index in [2.05, 4.69) is 4.74 Å². The summed E-state index contributed by atoms with van der Waals surface area (Å²) in [5.41, 5.74) is 1.37. The first-order valence-electron chi connectivity index (χ1n) is 6.64. The first-order chi connectivity index (χ1) is 10.5. The van der Waals surface area contributed by atoms with Crippen LogP contribution in [0.4, 0.5) is 0 Å². The van der Waals surface area contributed by atoms with Crippen LogP contribution < -0.4 is 0 Å². The van der Waals surface area contributed by atoms with Gasteiger partial charge in [0.2, 0.25) is 0 Å². The van der Waals surface area contributed by atoms with Crippen LogP contribution in [0.25, 0.3) is 6.08 Å². The monoisotopic (exact) mass is 316 g/mol. The highest BCUT2D eigenvalue weighted by atomic mass is 32.1. The van der Waals surface area contributed by atoms with Gasteiger partial charge in [-0.05, 0) is 23.9 Å². The summed E-state index contributed by atoms with van der Waals surface area (Å²) in [6.45, 7) is -0.0869. The highest BCUT2D eigenvalue weighted by Crippen LogP contribution is 2.20. The van der Waals surface area contributed by atoms with Crippen molar-refractivity contribution < 1.29 is 14.3 Å². The first kappa shape index (κ1) is 15.9. The zero-order chi connectivity index (χ0) is 16.1. The van der Waals surface area contributed by atoms with Crippen LogP contribution in [0, 0.1) is 0 Å². The molecular formula is C16H16N2O3S. The molecule has 0 N–H and O–H groups in total. The van der Waals surface area contributed by atoms with E-state index in [4.69, 9.17) is 12.2 Å². The van der Waals surface area contributed by atoms with Crippen LogP contribution in [0.2, 0.25) is 0 Å². The number of thiocarbonyl (C=S) groups is 1. The molecule has 0 saturated carbocycles. The van der Waals surface area contributed by atoms with E-state index in [1.807, 2.05) is 36.4 Å². The van der Waals surface area contributed by atoms with Crippen molar-refractivity contribution in [1.82, 2.24) is 9.80 Å². The number of nitrogens with zero attached hydrogens (tertiary/aromatic N) is 2. The van der Waals surface area contributed by atoms with E-state index in [9.17, 15) is 9.59 Å². The fourth-order valence-electron chi connectivity index (χ4n) is 1.98. The minimum Gasteiger partial charge on any atom is -0.468 e. The number of ether oxygens (including phenoxy) is 1. The molecular weight excluding hydrogens is 300 g/mol. The molecule has 1 aromatic rings. The van der Waals surface area contributed by atoms with Crippen molar-refractivity contribution in [2.24, 2.45) is 0 Å². The molecule has 0 aliphatic carbocycles. The lowest BCUT2D eigenvalue weighted by atomic mass is 10.2. The van der Waals surface area contributed by atoms with Crippen LogP contribution in [-0.4, -0.2) is 47.5 Å². The van der Waals surface area contributed by atoms with Crippen molar-refractivity contribution in [3.05, 3.63) is 53.7 Å². The number of rotatable bonds is 4. The summed E-state index contributed by atoms with van der Waals surface area (Å²) in [4.78, 5) is 26.5. The number of esters is 1. The first-order valence-corrected chi connectivity index (χ1v) is 7.05. The lowest BCUT2D eigenvalue weighted by molar-refractivity contribution is -0.140. The average molecular weight is 316 g/mol. The number of amides is 1. The second-order valence-electron chi connectivity index (χ2n) is 4.63. The predicted octanol–water partition coefficient (Wildman–Crippen LogP) is 1.82. The van der Waals surface area contributed by atoms with Crippen molar-refractivity contribution in [2.45, 2.75) is 0 Å². The van der Waals surface area contributed by atoms with E-state index in [1.165, 1.54) is 16.9 Å². The second-order valence-corrected chi connectivity index (χ2v) is 5.00. The fraction of sp³-hybridized carbons (Fsp3) is 0.188. The van der Waals surface area contributed by atoms with Gasteiger partial charge < -0.3 is 9.64 Å². The largest absolute Gasteiger partial charge is 0.468 e. The number of likely N-dealkylation sites (N-methyl/N-ethyl adjacent to an activating group) is 1. The molecule has 0 spiro atoms. The maximum Gasteiger partial charge on any atom is 0.325 e. The predicted molar refractivity (Wildman–Crippen MR) is 87.6 cm³/mol. The van der Waals surface area contributed by atoms with Crippen molar-refractivity contribution >= 4 is 35.3 Å². The number of allylic oxidation sites excluding steroid dienone is 2. The molecule has 1 fully saturated rings. The normalized spacial score (nSPS) is 16.9. The van der Waals surface area contributed by atoms with Gasteiger partial charge in [0.15, 0.2) is 5.11 Å². The van der Waals surface area contributed by atoms with Gasteiger partial charge >= 0.3 is 5.97 Å². The van der Waals surface area contributed by atoms with E-state index in [0.717, 1.165) is 5.56 Å².